The fraction of sp³-hybridized carbons (Fsp3) is 0.200. The van der Waals surface area contributed by atoms with Gasteiger partial charge in [0, 0.05) is 12.3 Å². The lowest BCUT2D eigenvalue weighted by molar-refractivity contribution is -0.384. The molecule has 0 unspecified atom stereocenters. The number of aromatic hydroxyl groups is 1. The van der Waals surface area contributed by atoms with Gasteiger partial charge in [-0.2, -0.15) is 0 Å². The minimum absolute atomic E-state index is 0.0291. The first-order valence-electron chi connectivity index (χ1n) is 7.51. The number of benzene rings is 1. The summed E-state index contributed by atoms with van der Waals surface area (Å²) in [6, 6.07) is 3.31. The van der Waals surface area contributed by atoms with Crippen molar-refractivity contribution < 1.29 is 24.4 Å². The van der Waals surface area contributed by atoms with Crippen molar-refractivity contribution in [2.24, 2.45) is 0 Å². The van der Waals surface area contributed by atoms with Crippen LogP contribution in [0.4, 0.5) is 17.2 Å². The van der Waals surface area contributed by atoms with Gasteiger partial charge in [-0.1, -0.05) is 11.8 Å². The molecule has 2 aromatic rings. The van der Waals surface area contributed by atoms with Crippen LogP contribution >= 0.6 is 11.8 Å². The average molecular weight is 393 g/mol. The normalized spacial score (nSPS) is 10.3. The van der Waals surface area contributed by atoms with E-state index in [1.807, 2.05) is 0 Å². The van der Waals surface area contributed by atoms with Gasteiger partial charge in [0.2, 0.25) is 5.91 Å². The Morgan fingerprint density at radius 2 is 2.19 bits per heavy atom. The number of nitrogens with two attached hydrogens (primary N) is 1. The summed E-state index contributed by atoms with van der Waals surface area (Å²) in [5.74, 6) is -1.76. The smallest absolute Gasteiger partial charge is 0.343 e. The Hall–Kier alpha value is -3.41. The van der Waals surface area contributed by atoms with Crippen LogP contribution in [0.5, 0.6) is 5.75 Å². The molecule has 0 spiro atoms. The molecule has 1 aromatic carbocycles. The molecule has 27 heavy (non-hydrogen) atoms. The molecule has 0 aliphatic carbocycles. The Morgan fingerprint density at radius 1 is 1.44 bits per heavy atom. The number of nitrogen functional groups attached to an aromatic ring is 1. The van der Waals surface area contributed by atoms with E-state index in [0.29, 0.717) is 0 Å². The van der Waals surface area contributed by atoms with Crippen molar-refractivity contribution >= 4 is 40.8 Å². The standard InChI is InChI=1S/C15H15N5O6S/c1-2-26-14(23)9-6-17-15(19-13(9)16)27-7-12(22)18-10-4-3-8(20(24)25)5-11(10)21/h3-6,21H,2,7H2,1H3,(H,18,22)(H2,16,17,19). The molecule has 2 rings (SSSR count). The molecule has 0 atom stereocenters. The number of esters is 1. The van der Waals surface area contributed by atoms with Gasteiger partial charge in [-0.15, -0.1) is 0 Å². The molecular formula is C15H15N5O6S. The molecule has 4 N–H and O–H groups in total. The second kappa shape index (κ2) is 8.80. The van der Waals surface area contributed by atoms with E-state index in [0.717, 1.165) is 23.9 Å². The molecule has 142 valence electrons. The first-order chi connectivity index (χ1) is 12.8. The highest BCUT2D eigenvalue weighted by Crippen LogP contribution is 2.28. The van der Waals surface area contributed by atoms with Crippen LogP contribution in [-0.2, 0) is 9.53 Å². The maximum Gasteiger partial charge on any atom is 0.343 e. The van der Waals surface area contributed by atoms with E-state index in [9.17, 15) is 24.8 Å². The number of thioether (sulfide) groups is 1. The zero-order chi connectivity index (χ0) is 20.0. The number of nitro benzene ring substituents is 1. The second-order valence-electron chi connectivity index (χ2n) is 4.97. The monoisotopic (exact) mass is 393 g/mol. The number of carbonyl (C=O) groups excluding carboxylic acids is 2. The van der Waals surface area contributed by atoms with Crippen molar-refractivity contribution in [1.29, 1.82) is 0 Å². The fourth-order valence-electron chi connectivity index (χ4n) is 1.87. The molecule has 1 amide bonds. The molecule has 0 aliphatic heterocycles. The molecule has 1 aromatic heterocycles. The van der Waals surface area contributed by atoms with Gasteiger partial charge < -0.3 is 20.9 Å². The van der Waals surface area contributed by atoms with Gasteiger partial charge in [0.15, 0.2) is 5.16 Å². The number of anilines is 2. The summed E-state index contributed by atoms with van der Waals surface area (Å²) in [7, 11) is 0. The number of hydrogen-bond acceptors (Lipinski definition) is 10. The number of phenolic OH excluding ortho intramolecular Hbond substituents is 1. The van der Waals surface area contributed by atoms with Gasteiger partial charge in [0.25, 0.3) is 5.69 Å². The number of nitrogens with one attached hydrogen (secondary N) is 1. The quantitative estimate of drug-likeness (QED) is 0.157. The lowest BCUT2D eigenvalue weighted by Crippen LogP contribution is -2.15. The maximum absolute atomic E-state index is 12.0. The van der Waals surface area contributed by atoms with Gasteiger partial charge in [-0.3, -0.25) is 14.9 Å². The highest BCUT2D eigenvalue weighted by Gasteiger charge is 2.15. The zero-order valence-corrected chi connectivity index (χ0v) is 14.9. The summed E-state index contributed by atoms with van der Waals surface area (Å²) in [4.78, 5) is 41.4. The number of rotatable bonds is 7. The van der Waals surface area contributed by atoms with E-state index in [-0.39, 0.29) is 40.3 Å². The predicted octanol–water partition coefficient (Wildman–Crippen LogP) is 1.58. The number of hydrogen-bond donors (Lipinski definition) is 3. The highest BCUT2D eigenvalue weighted by atomic mass is 32.2. The SMILES string of the molecule is CCOC(=O)c1cnc(SCC(=O)Nc2ccc([N+](=O)[O-])cc2O)nc1N. The predicted molar refractivity (Wildman–Crippen MR) is 96.5 cm³/mol. The van der Waals surface area contributed by atoms with Crippen LogP contribution in [0.1, 0.15) is 17.3 Å². The third-order valence-corrected chi connectivity index (χ3v) is 3.95. The van der Waals surface area contributed by atoms with E-state index >= 15 is 0 Å². The Morgan fingerprint density at radius 3 is 2.78 bits per heavy atom. The molecule has 11 nitrogen and oxygen atoms in total. The topological polar surface area (TPSA) is 171 Å². The molecular weight excluding hydrogens is 378 g/mol. The van der Waals surface area contributed by atoms with Crippen molar-refractivity contribution in [3.63, 3.8) is 0 Å². The van der Waals surface area contributed by atoms with Crippen molar-refractivity contribution in [3.05, 3.63) is 40.1 Å². The Kier molecular flexibility index (Phi) is 6.49. The summed E-state index contributed by atoms with van der Waals surface area (Å²) >= 11 is 0.953. The zero-order valence-electron chi connectivity index (χ0n) is 14.0. The van der Waals surface area contributed by atoms with E-state index < -0.39 is 22.5 Å². The van der Waals surface area contributed by atoms with Gasteiger partial charge in [0.1, 0.15) is 17.1 Å². The molecule has 0 saturated heterocycles. The number of amides is 1. The van der Waals surface area contributed by atoms with E-state index in [1.54, 1.807) is 6.92 Å². The molecule has 0 saturated carbocycles. The Balaban J connectivity index is 1.97. The molecule has 0 bridgehead atoms. The lowest BCUT2D eigenvalue weighted by Gasteiger charge is -2.08. The number of nitro groups is 1. The lowest BCUT2D eigenvalue weighted by atomic mass is 10.2. The summed E-state index contributed by atoms with van der Waals surface area (Å²) in [5.41, 5.74) is 5.45. The van der Waals surface area contributed by atoms with Crippen molar-refractivity contribution in [3.8, 4) is 5.75 Å². The maximum atomic E-state index is 12.0. The third kappa shape index (κ3) is 5.28. The van der Waals surface area contributed by atoms with Gasteiger partial charge in [-0.05, 0) is 13.0 Å². The number of ether oxygens (including phenoxy) is 1. The van der Waals surface area contributed by atoms with Crippen LogP contribution in [0.3, 0.4) is 0 Å². The molecule has 12 heteroatoms. The average Bonchev–Trinajstić information content (AvgIpc) is 2.61. The third-order valence-electron chi connectivity index (χ3n) is 3.09. The molecule has 0 aliphatic rings. The van der Waals surface area contributed by atoms with Crippen LogP contribution < -0.4 is 11.1 Å². The van der Waals surface area contributed by atoms with E-state index in [4.69, 9.17) is 10.5 Å². The largest absolute Gasteiger partial charge is 0.506 e. The minimum atomic E-state index is -0.664. The Labute approximate surface area is 157 Å². The molecule has 1 heterocycles. The van der Waals surface area contributed by atoms with Gasteiger partial charge >= 0.3 is 5.97 Å². The van der Waals surface area contributed by atoms with Crippen molar-refractivity contribution in [2.75, 3.05) is 23.4 Å². The van der Waals surface area contributed by atoms with E-state index in [2.05, 4.69) is 15.3 Å². The van der Waals surface area contributed by atoms with E-state index in [1.165, 1.54) is 12.3 Å². The Bertz CT molecular complexity index is 891. The van der Waals surface area contributed by atoms with Crippen molar-refractivity contribution in [1.82, 2.24) is 9.97 Å². The number of phenols is 1. The van der Waals surface area contributed by atoms with Crippen LogP contribution in [0.15, 0.2) is 29.6 Å². The number of aromatic nitrogens is 2. The van der Waals surface area contributed by atoms with Crippen molar-refractivity contribution in [2.45, 2.75) is 12.1 Å². The number of non-ortho nitro benzene ring substituents is 1. The van der Waals surface area contributed by atoms with Gasteiger partial charge in [0.05, 0.1) is 29.0 Å². The summed E-state index contributed by atoms with van der Waals surface area (Å²) in [6.45, 7) is 1.84. The fourth-order valence-corrected chi connectivity index (χ4v) is 2.49. The second-order valence-corrected chi connectivity index (χ2v) is 5.91. The van der Waals surface area contributed by atoms with Crippen LogP contribution in [0, 0.1) is 10.1 Å². The summed E-state index contributed by atoms with van der Waals surface area (Å²) < 4.78 is 4.81. The van der Waals surface area contributed by atoms with Crippen LogP contribution in [-0.4, -0.2) is 44.2 Å². The first kappa shape index (κ1) is 19.9. The summed E-state index contributed by atoms with van der Waals surface area (Å²) in [6.07, 6.45) is 1.21. The number of nitrogens with zero attached hydrogens (tertiary/aromatic N) is 3. The first-order valence-corrected chi connectivity index (χ1v) is 8.50. The highest BCUT2D eigenvalue weighted by molar-refractivity contribution is 7.99. The number of carbonyl (C=O) groups is 2. The molecule has 0 fully saturated rings. The van der Waals surface area contributed by atoms with Crippen LogP contribution in [0.25, 0.3) is 0 Å². The van der Waals surface area contributed by atoms with Crippen LogP contribution in [0.2, 0.25) is 0 Å². The minimum Gasteiger partial charge on any atom is -0.506 e. The summed E-state index contributed by atoms with van der Waals surface area (Å²) in [5, 5.41) is 22.9. The molecule has 0 radical (unpaired) electrons. The van der Waals surface area contributed by atoms with Gasteiger partial charge in [-0.25, -0.2) is 14.8 Å².